The van der Waals surface area contributed by atoms with Gasteiger partial charge in [-0.3, -0.25) is 4.79 Å². The minimum absolute atomic E-state index is 0.0247. The third kappa shape index (κ3) is 4.98. The fourth-order valence-corrected chi connectivity index (χ4v) is 4.93. The second-order valence-electron chi connectivity index (χ2n) is 9.12. The third-order valence-corrected chi connectivity index (χ3v) is 6.41. The van der Waals surface area contributed by atoms with Crippen molar-refractivity contribution in [3.05, 3.63) is 47.5 Å². The molecule has 1 fully saturated rings. The van der Waals surface area contributed by atoms with Crippen LogP contribution in [0.4, 0.5) is 0 Å². The predicted molar refractivity (Wildman–Crippen MR) is 127 cm³/mol. The number of nitrogens with one attached hydrogen (secondary N) is 1. The number of aromatic amines is 1. The van der Waals surface area contributed by atoms with Crippen molar-refractivity contribution in [1.29, 1.82) is 0 Å². The maximum absolute atomic E-state index is 13.5. The quantitative estimate of drug-likeness (QED) is 0.548. The Bertz CT molecular complexity index is 1110. The second kappa shape index (κ2) is 10.1. The van der Waals surface area contributed by atoms with Gasteiger partial charge in [-0.15, -0.1) is 10.2 Å². The number of amides is 1. The van der Waals surface area contributed by atoms with E-state index in [-0.39, 0.29) is 18.1 Å². The highest BCUT2D eigenvalue weighted by Crippen LogP contribution is 2.43. The average Bonchev–Trinajstić information content (AvgIpc) is 3.37. The van der Waals surface area contributed by atoms with Crippen LogP contribution in [0.3, 0.4) is 0 Å². The largest absolute Gasteiger partial charge is 0.507 e. The minimum atomic E-state index is -0.416. The number of hydrogen-bond acceptors (Lipinski definition) is 7. The smallest absolute Gasteiger partial charge is 0.223 e. The number of benzene rings is 2. The van der Waals surface area contributed by atoms with Crippen LogP contribution in [0.2, 0.25) is 0 Å². The first-order chi connectivity index (χ1) is 16.4. The van der Waals surface area contributed by atoms with Gasteiger partial charge < -0.3 is 19.5 Å². The lowest BCUT2D eigenvalue weighted by molar-refractivity contribution is -0.134. The Balaban J connectivity index is 1.72. The summed E-state index contributed by atoms with van der Waals surface area (Å²) in [4.78, 5) is 15.4. The van der Waals surface area contributed by atoms with E-state index in [9.17, 15) is 9.90 Å². The van der Waals surface area contributed by atoms with Crippen LogP contribution in [0.15, 0.2) is 36.4 Å². The Labute approximate surface area is 199 Å². The standard InChI is InChI=1S/C25H31N5O4/c1-15-9-16(2)14-30(13-15)23(32)12-20(24-21(31)10-19(33-3)11-22(24)34-4)17-5-7-18(8-6-17)25-26-28-29-27-25/h5-8,10-11,15-16,20,31H,9,12-14H2,1-4H3,(H,26,27,28,29). The van der Waals surface area contributed by atoms with Crippen molar-refractivity contribution in [1.82, 2.24) is 25.5 Å². The number of phenolic OH excluding ortho intramolecular Hbond substituents is 1. The first kappa shape index (κ1) is 23.5. The molecule has 9 heteroatoms. The van der Waals surface area contributed by atoms with Crippen LogP contribution in [-0.4, -0.2) is 63.8 Å². The molecule has 2 N–H and O–H groups in total. The third-order valence-electron chi connectivity index (χ3n) is 6.41. The molecule has 2 heterocycles. The van der Waals surface area contributed by atoms with Crippen LogP contribution in [0.5, 0.6) is 17.2 Å². The number of H-pyrrole nitrogens is 1. The van der Waals surface area contributed by atoms with E-state index in [1.807, 2.05) is 29.2 Å². The Kier molecular flexibility index (Phi) is 7.00. The number of phenols is 1. The molecule has 3 aromatic rings. The molecule has 1 aliphatic rings. The lowest BCUT2D eigenvalue weighted by atomic mass is 9.85. The van der Waals surface area contributed by atoms with Crippen LogP contribution in [-0.2, 0) is 4.79 Å². The summed E-state index contributed by atoms with van der Waals surface area (Å²) >= 11 is 0. The Morgan fingerprint density at radius 2 is 1.85 bits per heavy atom. The van der Waals surface area contributed by atoms with Crippen molar-refractivity contribution in [2.45, 2.75) is 32.6 Å². The second-order valence-corrected chi connectivity index (χ2v) is 9.12. The fraction of sp³-hybridized carbons (Fsp3) is 0.440. The molecule has 9 nitrogen and oxygen atoms in total. The topological polar surface area (TPSA) is 113 Å². The van der Waals surface area contributed by atoms with Gasteiger partial charge in [0, 0.05) is 48.7 Å². The molecule has 1 aliphatic heterocycles. The molecule has 1 amide bonds. The average molecular weight is 466 g/mol. The highest BCUT2D eigenvalue weighted by molar-refractivity contribution is 5.78. The molecule has 0 radical (unpaired) electrons. The molecule has 0 spiro atoms. The van der Waals surface area contributed by atoms with E-state index in [1.54, 1.807) is 19.2 Å². The van der Waals surface area contributed by atoms with Crippen LogP contribution in [0.1, 0.15) is 43.7 Å². The number of nitrogens with zero attached hydrogens (tertiary/aromatic N) is 4. The zero-order chi connectivity index (χ0) is 24.2. The highest BCUT2D eigenvalue weighted by atomic mass is 16.5. The van der Waals surface area contributed by atoms with Crippen LogP contribution in [0.25, 0.3) is 11.4 Å². The number of carbonyl (C=O) groups excluding carboxylic acids is 1. The molecule has 1 saturated heterocycles. The van der Waals surface area contributed by atoms with Crippen molar-refractivity contribution in [3.63, 3.8) is 0 Å². The number of piperidine rings is 1. The van der Waals surface area contributed by atoms with E-state index in [4.69, 9.17) is 9.47 Å². The highest BCUT2D eigenvalue weighted by Gasteiger charge is 2.31. The fourth-order valence-electron chi connectivity index (χ4n) is 4.93. The summed E-state index contributed by atoms with van der Waals surface area (Å²) in [5.74, 6) is 2.03. The van der Waals surface area contributed by atoms with Gasteiger partial charge in [0.1, 0.15) is 17.2 Å². The summed E-state index contributed by atoms with van der Waals surface area (Å²) in [6.45, 7) is 5.86. The van der Waals surface area contributed by atoms with Crippen molar-refractivity contribution in [3.8, 4) is 28.6 Å². The van der Waals surface area contributed by atoms with Gasteiger partial charge in [-0.25, -0.2) is 0 Å². The van der Waals surface area contributed by atoms with Gasteiger partial charge >= 0.3 is 0 Å². The van der Waals surface area contributed by atoms with E-state index in [2.05, 4.69) is 34.5 Å². The van der Waals surface area contributed by atoms with E-state index in [0.29, 0.717) is 34.7 Å². The number of methoxy groups -OCH3 is 2. The molecular formula is C25H31N5O4. The number of hydrogen-bond donors (Lipinski definition) is 2. The number of aromatic hydroxyl groups is 1. The number of likely N-dealkylation sites (tertiary alicyclic amines) is 1. The van der Waals surface area contributed by atoms with Gasteiger partial charge in [0.15, 0.2) is 0 Å². The van der Waals surface area contributed by atoms with Crippen LogP contribution in [0, 0.1) is 11.8 Å². The Morgan fingerprint density at radius 3 is 2.44 bits per heavy atom. The van der Waals surface area contributed by atoms with Crippen molar-refractivity contribution in [2.24, 2.45) is 11.8 Å². The molecular weight excluding hydrogens is 434 g/mol. The monoisotopic (exact) mass is 465 g/mol. The summed E-state index contributed by atoms with van der Waals surface area (Å²) in [6.07, 6.45) is 1.33. The molecule has 34 heavy (non-hydrogen) atoms. The van der Waals surface area contributed by atoms with Crippen molar-refractivity contribution in [2.75, 3.05) is 27.3 Å². The van der Waals surface area contributed by atoms with Gasteiger partial charge in [-0.1, -0.05) is 38.1 Å². The van der Waals surface area contributed by atoms with Gasteiger partial charge in [-0.2, -0.15) is 5.21 Å². The SMILES string of the molecule is COc1cc(O)c(C(CC(=O)N2CC(C)CC(C)C2)c2ccc(-c3nn[nH]n3)cc2)c(OC)c1. The number of carbonyl (C=O) groups is 1. The first-order valence-corrected chi connectivity index (χ1v) is 11.5. The molecule has 180 valence electrons. The summed E-state index contributed by atoms with van der Waals surface area (Å²) in [5, 5.41) is 25.1. The Hall–Kier alpha value is -3.62. The molecule has 4 rings (SSSR count). The lowest BCUT2D eigenvalue weighted by Gasteiger charge is -2.36. The number of tetrazole rings is 1. The van der Waals surface area contributed by atoms with E-state index < -0.39 is 5.92 Å². The predicted octanol–water partition coefficient (Wildman–Crippen LogP) is 3.62. The van der Waals surface area contributed by atoms with Gasteiger partial charge in [0.05, 0.1) is 14.2 Å². The minimum Gasteiger partial charge on any atom is -0.507 e. The van der Waals surface area contributed by atoms with Gasteiger partial charge in [0.2, 0.25) is 11.7 Å². The maximum atomic E-state index is 13.5. The number of rotatable bonds is 7. The van der Waals surface area contributed by atoms with Crippen LogP contribution >= 0.6 is 0 Å². The molecule has 0 aliphatic carbocycles. The van der Waals surface area contributed by atoms with Crippen molar-refractivity contribution < 1.29 is 19.4 Å². The summed E-state index contributed by atoms with van der Waals surface area (Å²) in [7, 11) is 3.08. The molecule has 2 aromatic carbocycles. The summed E-state index contributed by atoms with van der Waals surface area (Å²) in [6, 6.07) is 10.9. The molecule has 1 aromatic heterocycles. The molecule has 3 atom stereocenters. The first-order valence-electron chi connectivity index (χ1n) is 11.5. The van der Waals surface area contributed by atoms with Gasteiger partial charge in [0.25, 0.3) is 0 Å². The lowest BCUT2D eigenvalue weighted by Crippen LogP contribution is -2.43. The van der Waals surface area contributed by atoms with Crippen molar-refractivity contribution >= 4 is 5.91 Å². The molecule has 3 unspecified atom stereocenters. The summed E-state index contributed by atoms with van der Waals surface area (Å²) < 4.78 is 10.9. The van der Waals surface area contributed by atoms with E-state index >= 15 is 0 Å². The van der Waals surface area contributed by atoms with E-state index in [0.717, 1.165) is 30.6 Å². The number of ether oxygens (including phenoxy) is 2. The van der Waals surface area contributed by atoms with Crippen LogP contribution < -0.4 is 9.47 Å². The zero-order valence-corrected chi connectivity index (χ0v) is 20.0. The number of aromatic nitrogens is 4. The molecule has 0 saturated carbocycles. The Morgan fingerprint density at radius 1 is 1.15 bits per heavy atom. The molecule has 0 bridgehead atoms. The summed E-state index contributed by atoms with van der Waals surface area (Å²) in [5.41, 5.74) is 2.23. The zero-order valence-electron chi connectivity index (χ0n) is 20.0. The van der Waals surface area contributed by atoms with E-state index in [1.165, 1.54) is 7.11 Å². The normalized spacial score (nSPS) is 19.0. The van der Waals surface area contributed by atoms with Gasteiger partial charge in [-0.05, 0) is 29.0 Å². The maximum Gasteiger partial charge on any atom is 0.223 e.